The van der Waals surface area contributed by atoms with Gasteiger partial charge in [0.2, 0.25) is 9.84 Å². The second kappa shape index (κ2) is 7.61. The molecule has 0 aliphatic heterocycles. The van der Waals surface area contributed by atoms with Gasteiger partial charge >= 0.3 is 5.76 Å². The molecule has 0 bridgehead atoms. The van der Waals surface area contributed by atoms with Crippen LogP contribution in [-0.2, 0) is 9.84 Å². The Morgan fingerprint density at radius 3 is 1.88 bits per heavy atom. The fraction of sp³-hybridized carbons (Fsp3) is 0.176. The molecule has 6 nitrogen and oxygen atoms in total. The Hall–Kier alpha value is -2.81. The van der Waals surface area contributed by atoms with Gasteiger partial charge in [-0.25, -0.2) is 8.42 Å². The van der Waals surface area contributed by atoms with Crippen molar-refractivity contribution in [1.82, 2.24) is 4.90 Å². The lowest BCUT2D eigenvalue weighted by atomic mass is 10.1. The van der Waals surface area contributed by atoms with Crippen molar-refractivity contribution in [2.24, 2.45) is 0 Å². The van der Waals surface area contributed by atoms with E-state index in [9.17, 15) is 26.8 Å². The summed E-state index contributed by atoms with van der Waals surface area (Å²) in [5.41, 5.74) is 0.982. The standard InChI is InChI=1S/C17H16F2N2O4S/c1-21(2)16(23)12-3-7-13(8-4-12)20-15(22)11-5-9-14(10-6-11)26(24,25)17(18)19/h3-10,17H,1-2H3,(H,20,22). The lowest BCUT2D eigenvalue weighted by molar-refractivity contribution is 0.0827. The third-order valence-corrected chi connectivity index (χ3v) is 4.87. The fourth-order valence-electron chi connectivity index (χ4n) is 2.06. The van der Waals surface area contributed by atoms with Crippen LogP contribution in [0.25, 0.3) is 0 Å². The molecule has 0 radical (unpaired) electrons. The smallest absolute Gasteiger partial charge is 0.341 e. The van der Waals surface area contributed by atoms with E-state index in [-0.39, 0.29) is 11.5 Å². The maximum atomic E-state index is 12.5. The molecule has 0 spiro atoms. The first-order valence-electron chi connectivity index (χ1n) is 7.38. The van der Waals surface area contributed by atoms with Gasteiger partial charge in [0.25, 0.3) is 11.8 Å². The summed E-state index contributed by atoms with van der Waals surface area (Å²) in [6.07, 6.45) is 0. The van der Waals surface area contributed by atoms with Crippen LogP contribution in [-0.4, -0.2) is 45.0 Å². The number of carbonyl (C=O) groups excluding carboxylic acids is 2. The van der Waals surface area contributed by atoms with Crippen molar-refractivity contribution >= 4 is 27.3 Å². The van der Waals surface area contributed by atoms with Crippen LogP contribution in [0, 0.1) is 0 Å². The predicted octanol–water partition coefficient (Wildman–Crippen LogP) is 2.64. The lowest BCUT2D eigenvalue weighted by Crippen LogP contribution is -2.21. The third-order valence-electron chi connectivity index (χ3n) is 3.48. The molecule has 2 rings (SSSR count). The number of nitrogens with zero attached hydrogens (tertiary/aromatic N) is 1. The SMILES string of the molecule is CN(C)C(=O)c1ccc(NC(=O)c2ccc(S(=O)(=O)C(F)F)cc2)cc1. The van der Waals surface area contributed by atoms with Gasteiger partial charge in [-0.05, 0) is 48.5 Å². The first-order valence-corrected chi connectivity index (χ1v) is 8.92. The minimum atomic E-state index is -4.70. The van der Waals surface area contributed by atoms with Crippen molar-refractivity contribution in [1.29, 1.82) is 0 Å². The first-order chi connectivity index (χ1) is 12.1. The normalized spacial score (nSPS) is 11.3. The van der Waals surface area contributed by atoms with E-state index in [2.05, 4.69) is 5.32 Å². The maximum Gasteiger partial charge on any atom is 0.341 e. The van der Waals surface area contributed by atoms with Crippen molar-refractivity contribution in [3.63, 3.8) is 0 Å². The highest BCUT2D eigenvalue weighted by Gasteiger charge is 2.26. The third kappa shape index (κ3) is 4.23. The van der Waals surface area contributed by atoms with Crippen molar-refractivity contribution in [2.45, 2.75) is 10.7 Å². The number of anilines is 1. The summed E-state index contributed by atoms with van der Waals surface area (Å²) in [4.78, 5) is 24.8. The van der Waals surface area contributed by atoms with Gasteiger partial charge in [0.15, 0.2) is 0 Å². The van der Waals surface area contributed by atoms with Crippen molar-refractivity contribution < 1.29 is 26.8 Å². The second-order valence-electron chi connectivity index (χ2n) is 5.56. The molecular weight excluding hydrogens is 366 g/mol. The van der Waals surface area contributed by atoms with Gasteiger partial charge < -0.3 is 10.2 Å². The highest BCUT2D eigenvalue weighted by Crippen LogP contribution is 2.19. The van der Waals surface area contributed by atoms with Gasteiger partial charge in [0.1, 0.15) is 0 Å². The Bertz CT molecular complexity index is 909. The highest BCUT2D eigenvalue weighted by molar-refractivity contribution is 7.91. The van der Waals surface area contributed by atoms with Crippen LogP contribution in [0.5, 0.6) is 0 Å². The molecule has 0 saturated heterocycles. The van der Waals surface area contributed by atoms with Gasteiger partial charge in [0, 0.05) is 30.9 Å². The van der Waals surface area contributed by atoms with Crippen molar-refractivity contribution in [3.8, 4) is 0 Å². The van der Waals surface area contributed by atoms with Crippen LogP contribution in [0.15, 0.2) is 53.4 Å². The summed E-state index contributed by atoms with van der Waals surface area (Å²) in [6, 6.07) is 10.4. The first kappa shape index (κ1) is 19.5. The Morgan fingerprint density at radius 1 is 0.923 bits per heavy atom. The van der Waals surface area contributed by atoms with E-state index in [1.54, 1.807) is 38.4 Å². The average molecular weight is 382 g/mol. The molecular formula is C17H16F2N2O4S. The number of carbonyl (C=O) groups is 2. The summed E-state index contributed by atoms with van der Waals surface area (Å²) >= 11 is 0. The molecule has 9 heteroatoms. The van der Waals surface area contributed by atoms with Crippen molar-refractivity contribution in [2.75, 3.05) is 19.4 Å². The number of benzene rings is 2. The molecule has 138 valence electrons. The van der Waals surface area contributed by atoms with Gasteiger partial charge in [-0.3, -0.25) is 9.59 Å². The molecule has 0 heterocycles. The quantitative estimate of drug-likeness (QED) is 0.862. The monoisotopic (exact) mass is 382 g/mol. The number of nitrogens with one attached hydrogen (secondary N) is 1. The minimum absolute atomic E-state index is 0.103. The molecule has 0 fully saturated rings. The van der Waals surface area contributed by atoms with Crippen LogP contribution in [0.3, 0.4) is 0 Å². The Kier molecular flexibility index (Phi) is 5.71. The van der Waals surface area contributed by atoms with E-state index in [1.165, 1.54) is 4.90 Å². The minimum Gasteiger partial charge on any atom is -0.345 e. The van der Waals surface area contributed by atoms with E-state index >= 15 is 0 Å². The number of alkyl halides is 2. The molecule has 2 aromatic rings. The summed E-state index contributed by atoms with van der Waals surface area (Å²) in [5, 5.41) is 2.57. The predicted molar refractivity (Wildman–Crippen MR) is 92.0 cm³/mol. The lowest BCUT2D eigenvalue weighted by Gasteiger charge is -2.11. The summed E-state index contributed by atoms with van der Waals surface area (Å²) in [6.45, 7) is 0. The van der Waals surface area contributed by atoms with E-state index in [1.807, 2.05) is 0 Å². The molecule has 0 aliphatic rings. The van der Waals surface area contributed by atoms with Gasteiger partial charge in [-0.1, -0.05) is 0 Å². The average Bonchev–Trinajstić information content (AvgIpc) is 2.61. The molecule has 0 aromatic heterocycles. The van der Waals surface area contributed by atoms with Gasteiger partial charge in [-0.2, -0.15) is 8.78 Å². The molecule has 0 saturated carbocycles. The van der Waals surface area contributed by atoms with E-state index in [0.717, 1.165) is 24.3 Å². The number of rotatable bonds is 5. The number of amides is 2. The highest BCUT2D eigenvalue weighted by atomic mass is 32.2. The Morgan fingerprint density at radius 2 is 1.42 bits per heavy atom. The van der Waals surface area contributed by atoms with Gasteiger partial charge in [0.05, 0.1) is 4.90 Å². The van der Waals surface area contributed by atoms with Crippen molar-refractivity contribution in [3.05, 3.63) is 59.7 Å². The van der Waals surface area contributed by atoms with Crippen LogP contribution in [0.1, 0.15) is 20.7 Å². The molecule has 0 unspecified atom stereocenters. The topological polar surface area (TPSA) is 83.6 Å². The number of hydrogen-bond acceptors (Lipinski definition) is 4. The number of hydrogen-bond donors (Lipinski definition) is 1. The van der Waals surface area contributed by atoms with E-state index in [0.29, 0.717) is 11.3 Å². The second-order valence-corrected chi connectivity index (χ2v) is 7.48. The Labute approximate surface area is 149 Å². The largest absolute Gasteiger partial charge is 0.345 e. The summed E-state index contributed by atoms with van der Waals surface area (Å²) in [7, 11) is -1.46. The zero-order chi connectivity index (χ0) is 19.5. The fourth-order valence-corrected chi connectivity index (χ4v) is 2.78. The van der Waals surface area contributed by atoms with Gasteiger partial charge in [-0.15, -0.1) is 0 Å². The summed E-state index contributed by atoms with van der Waals surface area (Å²) < 4.78 is 47.7. The molecule has 2 amide bonds. The maximum absolute atomic E-state index is 12.5. The number of halogens is 2. The van der Waals surface area contributed by atoms with E-state index in [4.69, 9.17) is 0 Å². The zero-order valence-electron chi connectivity index (χ0n) is 13.9. The molecule has 2 aromatic carbocycles. The molecule has 0 aliphatic carbocycles. The summed E-state index contributed by atoms with van der Waals surface area (Å²) in [5.74, 6) is -4.25. The molecule has 1 N–H and O–H groups in total. The molecule has 0 atom stereocenters. The van der Waals surface area contributed by atoms with Crippen LogP contribution in [0.2, 0.25) is 0 Å². The van der Waals surface area contributed by atoms with Crippen LogP contribution >= 0.6 is 0 Å². The van der Waals surface area contributed by atoms with Crippen LogP contribution < -0.4 is 5.32 Å². The zero-order valence-corrected chi connectivity index (χ0v) is 14.8. The van der Waals surface area contributed by atoms with E-state index < -0.39 is 26.4 Å². The Balaban J connectivity index is 2.12. The number of sulfone groups is 1. The molecule has 26 heavy (non-hydrogen) atoms. The van der Waals surface area contributed by atoms with Crippen LogP contribution in [0.4, 0.5) is 14.5 Å².